The highest BCUT2D eigenvalue weighted by molar-refractivity contribution is 5.78. The summed E-state index contributed by atoms with van der Waals surface area (Å²) >= 11 is 0. The number of carbonyl (C=O) groups excluding carboxylic acids is 1. The van der Waals surface area contributed by atoms with E-state index in [1.165, 1.54) is 12.8 Å². The van der Waals surface area contributed by atoms with Crippen LogP contribution >= 0.6 is 0 Å². The smallest absolute Gasteiger partial charge is 0.224 e. The van der Waals surface area contributed by atoms with Gasteiger partial charge in [0, 0.05) is 25.3 Å². The van der Waals surface area contributed by atoms with Crippen molar-refractivity contribution in [2.24, 2.45) is 5.92 Å². The highest BCUT2D eigenvalue weighted by Gasteiger charge is 2.31. The molecule has 0 unspecified atom stereocenters. The Balaban J connectivity index is 1.19. The fourth-order valence-corrected chi connectivity index (χ4v) is 4.55. The maximum absolute atomic E-state index is 12.7. The Labute approximate surface area is 179 Å². The summed E-state index contributed by atoms with van der Waals surface area (Å²) in [5.41, 5.74) is 0.909. The maximum atomic E-state index is 12.7. The van der Waals surface area contributed by atoms with Crippen molar-refractivity contribution < 1.29 is 9.21 Å². The fraction of sp³-hybridized carbons (Fsp3) is 0.500. The van der Waals surface area contributed by atoms with E-state index in [9.17, 15) is 4.79 Å². The molecule has 4 rings (SSSR count). The molecule has 6 heteroatoms. The average molecular weight is 409 g/mol. The van der Waals surface area contributed by atoms with E-state index in [0.717, 1.165) is 57.0 Å². The molecular formula is C24H32N4O2. The minimum absolute atomic E-state index is 0.0942. The maximum Gasteiger partial charge on any atom is 0.224 e. The van der Waals surface area contributed by atoms with Gasteiger partial charge in [-0.3, -0.25) is 19.6 Å². The van der Waals surface area contributed by atoms with Crippen LogP contribution in [0.4, 0.5) is 0 Å². The third-order valence-electron chi connectivity index (χ3n) is 6.26. The zero-order chi connectivity index (χ0) is 20.6. The van der Waals surface area contributed by atoms with Crippen molar-refractivity contribution in [1.82, 2.24) is 20.1 Å². The Morgan fingerprint density at radius 2 is 2.07 bits per heavy atom. The number of hydrogen-bond donors (Lipinski definition) is 1. The first kappa shape index (κ1) is 20.8. The number of rotatable bonds is 7. The second-order valence-corrected chi connectivity index (χ2v) is 8.32. The molecule has 2 aliphatic heterocycles. The third kappa shape index (κ3) is 5.80. The first-order valence-electron chi connectivity index (χ1n) is 11.1. The highest BCUT2D eigenvalue weighted by atomic mass is 16.3. The summed E-state index contributed by atoms with van der Waals surface area (Å²) in [6.07, 6.45) is 12.1. The molecular weight excluding hydrogens is 376 g/mol. The Morgan fingerprint density at radius 3 is 2.83 bits per heavy atom. The van der Waals surface area contributed by atoms with Crippen LogP contribution in [0.15, 0.2) is 53.3 Å². The Hall–Kier alpha value is -2.44. The van der Waals surface area contributed by atoms with Crippen LogP contribution in [0.5, 0.6) is 0 Å². The van der Waals surface area contributed by atoms with Crippen molar-refractivity contribution in [2.75, 3.05) is 32.7 Å². The van der Waals surface area contributed by atoms with Crippen molar-refractivity contribution in [3.63, 3.8) is 0 Å². The summed E-state index contributed by atoms with van der Waals surface area (Å²) in [4.78, 5) is 22.0. The molecule has 1 N–H and O–H groups in total. The SMILES string of the molecule is O=C(NCc1ccccn1)[C@@H]1CCCN(C2CCN(C/C=C/c3ccco3)CC2)C1. The lowest BCUT2D eigenvalue weighted by atomic mass is 9.93. The van der Waals surface area contributed by atoms with E-state index in [2.05, 4.69) is 26.2 Å². The van der Waals surface area contributed by atoms with Crippen molar-refractivity contribution in [1.29, 1.82) is 0 Å². The van der Waals surface area contributed by atoms with E-state index in [4.69, 9.17) is 4.42 Å². The van der Waals surface area contributed by atoms with Gasteiger partial charge in [-0.2, -0.15) is 0 Å². The van der Waals surface area contributed by atoms with Crippen molar-refractivity contribution in [2.45, 2.75) is 38.3 Å². The van der Waals surface area contributed by atoms with E-state index >= 15 is 0 Å². The molecule has 0 aliphatic carbocycles. The molecule has 1 atom stereocenters. The number of amides is 1. The summed E-state index contributed by atoms with van der Waals surface area (Å²) in [5, 5.41) is 3.08. The molecule has 0 aromatic carbocycles. The highest BCUT2D eigenvalue weighted by Crippen LogP contribution is 2.24. The third-order valence-corrected chi connectivity index (χ3v) is 6.26. The van der Waals surface area contributed by atoms with E-state index in [-0.39, 0.29) is 11.8 Å². The van der Waals surface area contributed by atoms with Gasteiger partial charge >= 0.3 is 0 Å². The number of nitrogens with zero attached hydrogens (tertiary/aromatic N) is 3. The molecule has 0 spiro atoms. The number of furan rings is 1. The Morgan fingerprint density at radius 1 is 1.17 bits per heavy atom. The molecule has 2 aromatic rings. The van der Waals surface area contributed by atoms with Gasteiger partial charge in [0.1, 0.15) is 5.76 Å². The predicted octanol–water partition coefficient (Wildman–Crippen LogP) is 3.18. The Kier molecular flexibility index (Phi) is 7.32. The van der Waals surface area contributed by atoms with E-state index in [1.807, 2.05) is 36.4 Å². The van der Waals surface area contributed by atoms with Gasteiger partial charge in [-0.1, -0.05) is 12.1 Å². The van der Waals surface area contributed by atoms with E-state index < -0.39 is 0 Å². The molecule has 2 aromatic heterocycles. The van der Waals surface area contributed by atoms with Gasteiger partial charge in [-0.15, -0.1) is 0 Å². The second kappa shape index (κ2) is 10.5. The van der Waals surface area contributed by atoms with Crippen molar-refractivity contribution in [3.8, 4) is 0 Å². The summed E-state index contributed by atoms with van der Waals surface area (Å²) in [6, 6.07) is 10.3. The van der Waals surface area contributed by atoms with Crippen molar-refractivity contribution >= 4 is 12.0 Å². The molecule has 0 bridgehead atoms. The van der Waals surface area contributed by atoms with Crippen LogP contribution < -0.4 is 5.32 Å². The molecule has 6 nitrogen and oxygen atoms in total. The predicted molar refractivity (Wildman–Crippen MR) is 118 cm³/mol. The number of carbonyl (C=O) groups is 1. The molecule has 2 fully saturated rings. The van der Waals surface area contributed by atoms with Crippen LogP contribution in [0.2, 0.25) is 0 Å². The number of nitrogens with one attached hydrogen (secondary N) is 1. The first-order valence-corrected chi connectivity index (χ1v) is 11.1. The average Bonchev–Trinajstić information content (AvgIpc) is 3.32. The summed E-state index contributed by atoms with van der Waals surface area (Å²) < 4.78 is 5.34. The lowest BCUT2D eigenvalue weighted by Crippen LogP contribution is -2.50. The minimum atomic E-state index is 0.0942. The molecule has 4 heterocycles. The fourth-order valence-electron chi connectivity index (χ4n) is 4.55. The van der Waals surface area contributed by atoms with Crippen LogP contribution in [0.1, 0.15) is 37.1 Å². The van der Waals surface area contributed by atoms with Gasteiger partial charge in [-0.05, 0) is 75.7 Å². The van der Waals surface area contributed by atoms with E-state index in [0.29, 0.717) is 12.6 Å². The largest absolute Gasteiger partial charge is 0.465 e. The molecule has 160 valence electrons. The zero-order valence-corrected chi connectivity index (χ0v) is 17.6. The lowest BCUT2D eigenvalue weighted by molar-refractivity contribution is -0.127. The van der Waals surface area contributed by atoms with Gasteiger partial charge in [0.2, 0.25) is 5.91 Å². The van der Waals surface area contributed by atoms with Gasteiger partial charge in [-0.25, -0.2) is 0 Å². The van der Waals surface area contributed by atoms with Crippen LogP contribution in [-0.2, 0) is 11.3 Å². The summed E-state index contributed by atoms with van der Waals surface area (Å²) in [7, 11) is 0. The van der Waals surface area contributed by atoms with Gasteiger partial charge in [0.05, 0.1) is 24.4 Å². The van der Waals surface area contributed by atoms with Gasteiger partial charge < -0.3 is 9.73 Å². The number of pyridine rings is 1. The van der Waals surface area contributed by atoms with Crippen LogP contribution in [0.3, 0.4) is 0 Å². The molecule has 0 saturated carbocycles. The Bertz CT molecular complexity index is 798. The molecule has 2 saturated heterocycles. The normalized spacial score (nSPS) is 21.8. The minimum Gasteiger partial charge on any atom is -0.465 e. The molecule has 30 heavy (non-hydrogen) atoms. The topological polar surface area (TPSA) is 61.6 Å². The van der Waals surface area contributed by atoms with Gasteiger partial charge in [0.25, 0.3) is 0 Å². The number of aromatic nitrogens is 1. The summed E-state index contributed by atoms with van der Waals surface area (Å²) in [5.74, 6) is 1.17. The van der Waals surface area contributed by atoms with Crippen LogP contribution in [-0.4, -0.2) is 59.5 Å². The summed E-state index contributed by atoms with van der Waals surface area (Å²) in [6.45, 7) is 5.71. The monoisotopic (exact) mass is 408 g/mol. The molecule has 0 radical (unpaired) electrons. The van der Waals surface area contributed by atoms with Crippen LogP contribution in [0.25, 0.3) is 6.08 Å². The van der Waals surface area contributed by atoms with Gasteiger partial charge in [0.15, 0.2) is 0 Å². The zero-order valence-electron chi connectivity index (χ0n) is 17.6. The number of piperidine rings is 2. The number of hydrogen-bond acceptors (Lipinski definition) is 5. The van der Waals surface area contributed by atoms with E-state index in [1.54, 1.807) is 12.5 Å². The standard InChI is InChI=1S/C24H32N4O2/c29-24(26-18-21-7-1-2-12-25-21)20-6-3-14-28(19-20)22-10-15-27(16-11-22)13-4-8-23-9-5-17-30-23/h1-2,4-5,7-9,12,17,20,22H,3,6,10-11,13-16,18-19H2,(H,26,29)/b8-4+/t20-/m1/s1. The first-order chi connectivity index (χ1) is 14.8. The van der Waals surface area contributed by atoms with Crippen molar-refractivity contribution in [3.05, 3.63) is 60.3 Å². The molecule has 1 amide bonds. The molecule has 2 aliphatic rings. The lowest BCUT2D eigenvalue weighted by Gasteiger charge is -2.41. The number of likely N-dealkylation sites (tertiary alicyclic amines) is 2. The quantitative estimate of drug-likeness (QED) is 0.762. The second-order valence-electron chi connectivity index (χ2n) is 8.32. The van der Waals surface area contributed by atoms with Crippen LogP contribution in [0, 0.1) is 5.92 Å².